The van der Waals surface area contributed by atoms with Gasteiger partial charge in [-0.05, 0) is 69.3 Å². The third kappa shape index (κ3) is 3.38. The molecule has 3 aromatic rings. The molecule has 2 radical (unpaired) electrons. The van der Waals surface area contributed by atoms with Gasteiger partial charge in [0.1, 0.15) is 0 Å². The molecule has 2 fully saturated rings. The van der Waals surface area contributed by atoms with Gasteiger partial charge in [0.15, 0.2) is 0 Å². The van der Waals surface area contributed by atoms with E-state index in [1.165, 1.54) is 80.9 Å². The van der Waals surface area contributed by atoms with Crippen LogP contribution < -0.4 is 0 Å². The predicted molar refractivity (Wildman–Crippen MR) is 131 cm³/mol. The van der Waals surface area contributed by atoms with Crippen molar-refractivity contribution in [2.45, 2.75) is 81.4 Å². The summed E-state index contributed by atoms with van der Waals surface area (Å²) >= 11 is 0. The van der Waals surface area contributed by atoms with Crippen LogP contribution in [0, 0.1) is 0 Å². The lowest BCUT2D eigenvalue weighted by atomic mass is 9.99. The Labute approximate surface area is 173 Å². The van der Waals surface area contributed by atoms with Crippen LogP contribution >= 0.6 is 14.7 Å². The molecule has 0 atom stereocenters. The Morgan fingerprint density at radius 3 is 1.57 bits per heavy atom. The van der Waals surface area contributed by atoms with E-state index in [1.807, 2.05) is 0 Å². The maximum Gasteiger partial charge on any atom is 0.366 e. The molecule has 1 heterocycles. The van der Waals surface area contributed by atoms with Gasteiger partial charge in [0, 0.05) is 10.2 Å². The van der Waals surface area contributed by atoms with Crippen LogP contribution in [0.3, 0.4) is 0 Å². The third-order valence-electron chi connectivity index (χ3n) is 7.58. The molecule has 0 spiro atoms. The fourth-order valence-electron chi connectivity index (χ4n) is 6.05. The molecule has 28 heavy (non-hydrogen) atoms. The number of fused-ring (bicyclic) bond motifs is 3. The van der Waals surface area contributed by atoms with Crippen molar-refractivity contribution in [1.82, 2.24) is 0 Å². The molecule has 0 saturated heterocycles. The minimum Gasteiger partial charge on any atom is -0.0718 e. The van der Waals surface area contributed by atoms with E-state index < -0.39 is 7.14 Å². The van der Waals surface area contributed by atoms with E-state index >= 15 is 0 Å². The zero-order valence-electron chi connectivity index (χ0n) is 17.0. The van der Waals surface area contributed by atoms with Crippen LogP contribution in [0.2, 0.25) is 0 Å². The molecule has 0 N–H and O–H groups in total. The van der Waals surface area contributed by atoms with Crippen LogP contribution in [-0.2, 0) is 5.90 Å². The average molecular weight is 405 g/mol. The van der Waals surface area contributed by atoms with Crippen molar-refractivity contribution >= 4 is 43.2 Å². The lowest BCUT2D eigenvalue weighted by Gasteiger charge is -2.42. The van der Waals surface area contributed by atoms with Crippen LogP contribution in [0.5, 0.6) is 0 Å². The maximum atomic E-state index is 7.67. The van der Waals surface area contributed by atoms with Crippen LogP contribution in [0.1, 0.15) is 64.2 Å². The first kappa shape index (κ1) is 19.2. The SMILES string of the molecule is [B][P+](Cp1c2ccccc2c2ccccc21)(C1CCCCC1)C1CCCCC1. The molecule has 5 rings (SSSR count). The summed E-state index contributed by atoms with van der Waals surface area (Å²) in [5.74, 6) is 1.31. The third-order valence-corrected chi connectivity index (χ3v) is 16.4. The highest BCUT2D eigenvalue weighted by molar-refractivity contribution is 8.02. The van der Waals surface area contributed by atoms with E-state index in [2.05, 4.69) is 48.5 Å². The second-order valence-electron chi connectivity index (χ2n) is 9.18. The Hall–Kier alpha value is -0.765. The minimum absolute atomic E-state index is 0.290. The number of rotatable bonds is 4. The van der Waals surface area contributed by atoms with Crippen molar-refractivity contribution in [1.29, 1.82) is 0 Å². The standard InChI is InChI=1S/C25H32BP2/c26-28(20-11-3-1-4-12-20,21-13-5-2-6-14-21)19-27-24-17-9-7-15-22(24)23-16-8-10-18-25(23)27/h7-10,15-18,20-21H,1-6,11-14,19H2/q+1. The summed E-state index contributed by atoms with van der Waals surface area (Å²) in [5, 5.41) is 6.20. The highest BCUT2D eigenvalue weighted by Gasteiger charge is 2.48. The van der Waals surface area contributed by atoms with Crippen molar-refractivity contribution in [3.8, 4) is 0 Å². The first-order valence-electron chi connectivity index (χ1n) is 11.4. The van der Waals surface area contributed by atoms with Crippen molar-refractivity contribution in [3.63, 3.8) is 0 Å². The first-order chi connectivity index (χ1) is 13.8. The molecular weight excluding hydrogens is 373 g/mol. The molecular formula is C25H32BP2+. The molecule has 0 aliphatic heterocycles. The molecule has 144 valence electrons. The Kier molecular flexibility index (Phi) is 5.60. The topological polar surface area (TPSA) is 0 Å². The van der Waals surface area contributed by atoms with E-state index in [0.29, 0.717) is 0 Å². The Balaban J connectivity index is 1.62. The summed E-state index contributed by atoms with van der Waals surface area (Å²) < 4.78 is 0. The van der Waals surface area contributed by atoms with Gasteiger partial charge in [0.05, 0.1) is 17.2 Å². The van der Waals surface area contributed by atoms with Gasteiger partial charge in [-0.1, -0.05) is 68.9 Å². The summed E-state index contributed by atoms with van der Waals surface area (Å²) in [4.78, 5) is 0. The number of hydrogen-bond acceptors (Lipinski definition) is 0. The van der Waals surface area contributed by atoms with Gasteiger partial charge in [0.25, 0.3) is 0 Å². The summed E-state index contributed by atoms with van der Waals surface area (Å²) in [7, 11) is 5.93. The maximum absolute atomic E-state index is 7.67. The molecule has 2 aromatic carbocycles. The van der Waals surface area contributed by atoms with Gasteiger partial charge >= 0.3 is 7.57 Å². The van der Waals surface area contributed by atoms with E-state index in [4.69, 9.17) is 7.57 Å². The number of benzene rings is 2. The number of hydrogen-bond donors (Lipinski definition) is 0. The lowest BCUT2D eigenvalue weighted by Crippen LogP contribution is -2.28. The highest BCUT2D eigenvalue weighted by Crippen LogP contribution is 2.75. The molecule has 0 bridgehead atoms. The molecule has 2 saturated carbocycles. The summed E-state index contributed by atoms with van der Waals surface area (Å²) in [6, 6.07) is 18.4. The molecule has 0 nitrogen and oxygen atoms in total. The lowest BCUT2D eigenvalue weighted by molar-refractivity contribution is 0.482. The van der Waals surface area contributed by atoms with Gasteiger partial charge in [-0.3, -0.25) is 0 Å². The van der Waals surface area contributed by atoms with Crippen LogP contribution in [0.15, 0.2) is 48.5 Å². The largest absolute Gasteiger partial charge is 0.366 e. The predicted octanol–water partition coefficient (Wildman–Crippen LogP) is 8.70. The molecule has 0 unspecified atom stereocenters. The molecule has 0 amide bonds. The first-order valence-corrected chi connectivity index (χ1v) is 15.1. The molecule has 2 aliphatic carbocycles. The highest BCUT2D eigenvalue weighted by atomic mass is 31.2. The van der Waals surface area contributed by atoms with Crippen LogP contribution in [0.4, 0.5) is 0 Å². The molecule has 2 aliphatic rings. The second-order valence-corrected chi connectivity index (χ2v) is 15.6. The Morgan fingerprint density at radius 2 is 1.11 bits per heavy atom. The van der Waals surface area contributed by atoms with Crippen LogP contribution in [0.25, 0.3) is 21.0 Å². The smallest absolute Gasteiger partial charge is 0.0718 e. The van der Waals surface area contributed by atoms with E-state index in [0.717, 1.165) is 11.3 Å². The van der Waals surface area contributed by atoms with Crippen molar-refractivity contribution in [2.75, 3.05) is 0 Å². The zero-order valence-corrected chi connectivity index (χ0v) is 18.8. The summed E-state index contributed by atoms with van der Waals surface area (Å²) in [6.07, 6.45) is 14.2. The monoisotopic (exact) mass is 405 g/mol. The molecule has 3 heteroatoms. The fourth-order valence-corrected chi connectivity index (χ4v) is 16.1. The Morgan fingerprint density at radius 1 is 0.679 bits per heavy atom. The van der Waals surface area contributed by atoms with E-state index in [9.17, 15) is 0 Å². The van der Waals surface area contributed by atoms with Gasteiger partial charge < -0.3 is 0 Å². The molecule has 1 aromatic heterocycles. The van der Waals surface area contributed by atoms with Crippen molar-refractivity contribution in [3.05, 3.63) is 48.5 Å². The fraction of sp³-hybridized carbons (Fsp3) is 0.520. The van der Waals surface area contributed by atoms with Crippen molar-refractivity contribution < 1.29 is 0 Å². The second kappa shape index (κ2) is 8.16. The zero-order chi connectivity index (χ0) is 19.0. The van der Waals surface area contributed by atoms with Gasteiger partial charge in [-0.15, -0.1) is 0 Å². The van der Waals surface area contributed by atoms with Gasteiger partial charge in [-0.25, -0.2) is 0 Å². The van der Waals surface area contributed by atoms with E-state index in [-0.39, 0.29) is 7.53 Å². The van der Waals surface area contributed by atoms with E-state index in [1.54, 1.807) is 10.2 Å². The normalized spacial score (nSPS) is 20.1. The summed E-state index contributed by atoms with van der Waals surface area (Å²) in [5.41, 5.74) is 1.68. The van der Waals surface area contributed by atoms with Gasteiger partial charge in [-0.2, -0.15) is 0 Å². The van der Waals surface area contributed by atoms with Gasteiger partial charge in [0.2, 0.25) is 0 Å². The van der Waals surface area contributed by atoms with Crippen molar-refractivity contribution in [2.24, 2.45) is 0 Å². The Bertz CT molecular complexity index is 876. The van der Waals surface area contributed by atoms with Crippen LogP contribution in [-0.4, -0.2) is 18.9 Å². The average Bonchev–Trinajstić information content (AvgIpc) is 3.09. The minimum atomic E-state index is -1.45. The summed E-state index contributed by atoms with van der Waals surface area (Å²) in [6.45, 7) is 0. The quantitative estimate of drug-likeness (QED) is 0.301.